The largest absolute Gasteiger partial charge is 0.480 e. The van der Waals surface area contributed by atoms with Gasteiger partial charge >= 0.3 is 5.97 Å². The maximum Gasteiger partial charge on any atom is 0.329 e. The van der Waals surface area contributed by atoms with Gasteiger partial charge in [-0.1, -0.05) is 25.4 Å². The molecule has 0 saturated heterocycles. The van der Waals surface area contributed by atoms with Gasteiger partial charge in [-0.25, -0.2) is 4.79 Å². The van der Waals surface area contributed by atoms with Crippen molar-refractivity contribution in [1.82, 2.24) is 15.1 Å². The van der Waals surface area contributed by atoms with Crippen molar-refractivity contribution in [3.8, 4) is 0 Å². The highest BCUT2D eigenvalue weighted by Gasteiger charge is 2.35. The van der Waals surface area contributed by atoms with Gasteiger partial charge in [-0.3, -0.25) is 9.48 Å². The number of nitrogens with zero attached hydrogens (tertiary/aromatic N) is 2. The Morgan fingerprint density at radius 3 is 2.38 bits per heavy atom. The van der Waals surface area contributed by atoms with Gasteiger partial charge in [0.15, 0.2) is 0 Å². The monoisotopic (exact) mass is 313 g/mol. The van der Waals surface area contributed by atoms with Gasteiger partial charge in [-0.05, 0) is 25.8 Å². The van der Waals surface area contributed by atoms with Crippen LogP contribution in [0.15, 0.2) is 6.08 Å². The summed E-state index contributed by atoms with van der Waals surface area (Å²) >= 11 is 6.06. The summed E-state index contributed by atoms with van der Waals surface area (Å²) in [6, 6.07) is 0. The number of rotatable bonds is 6. The fourth-order valence-electron chi connectivity index (χ4n) is 2.05. The van der Waals surface area contributed by atoms with Gasteiger partial charge in [-0.2, -0.15) is 5.10 Å². The summed E-state index contributed by atoms with van der Waals surface area (Å²) < 4.78 is 1.51. The van der Waals surface area contributed by atoms with E-state index in [-0.39, 0.29) is 0 Å². The van der Waals surface area contributed by atoms with Gasteiger partial charge in [0, 0.05) is 18.7 Å². The Balaban J connectivity index is 2.91. The predicted molar refractivity (Wildman–Crippen MR) is 81.1 cm³/mol. The van der Waals surface area contributed by atoms with E-state index >= 15 is 0 Å². The van der Waals surface area contributed by atoms with Gasteiger partial charge in [0.25, 0.3) is 0 Å². The van der Waals surface area contributed by atoms with Crippen LogP contribution in [-0.4, -0.2) is 32.3 Å². The predicted octanol–water partition coefficient (Wildman–Crippen LogP) is 2.15. The quantitative estimate of drug-likeness (QED) is 0.788. The minimum atomic E-state index is -1.24. The van der Waals surface area contributed by atoms with E-state index < -0.39 is 17.4 Å². The molecule has 7 heteroatoms. The molecule has 0 spiro atoms. The number of carboxylic acid groups (broad SMARTS) is 1. The summed E-state index contributed by atoms with van der Waals surface area (Å²) in [6.45, 7) is 5.23. The number of carbonyl (C=O) groups is 2. The molecule has 0 aliphatic rings. The molecule has 21 heavy (non-hydrogen) atoms. The van der Waals surface area contributed by atoms with Crippen molar-refractivity contribution in [3.63, 3.8) is 0 Å². The van der Waals surface area contributed by atoms with Crippen LogP contribution in [0.25, 0.3) is 6.08 Å². The van der Waals surface area contributed by atoms with Crippen LogP contribution in [0, 0.1) is 6.92 Å². The lowest BCUT2D eigenvalue weighted by atomic mass is 9.93. The van der Waals surface area contributed by atoms with E-state index in [0.717, 1.165) is 0 Å². The van der Waals surface area contributed by atoms with Crippen LogP contribution in [0.5, 0.6) is 0 Å². The molecule has 0 unspecified atom stereocenters. The zero-order valence-electron chi connectivity index (χ0n) is 12.6. The van der Waals surface area contributed by atoms with Gasteiger partial charge in [0.05, 0.1) is 5.69 Å². The molecule has 6 nitrogen and oxygen atoms in total. The lowest BCUT2D eigenvalue weighted by molar-refractivity contribution is -0.147. The Hall–Kier alpha value is -1.82. The van der Waals surface area contributed by atoms with E-state index in [0.29, 0.717) is 29.3 Å². The molecular weight excluding hydrogens is 294 g/mol. The molecule has 0 aliphatic carbocycles. The summed E-state index contributed by atoms with van der Waals surface area (Å²) in [5, 5.41) is 16.4. The fourth-order valence-corrected chi connectivity index (χ4v) is 2.29. The Morgan fingerprint density at radius 2 is 2.00 bits per heavy atom. The number of hydrogen-bond donors (Lipinski definition) is 2. The van der Waals surface area contributed by atoms with Crippen LogP contribution in [0.3, 0.4) is 0 Å². The van der Waals surface area contributed by atoms with E-state index in [9.17, 15) is 14.7 Å². The molecule has 1 heterocycles. The summed E-state index contributed by atoms with van der Waals surface area (Å²) in [5.41, 5.74) is 0.0973. The second-order valence-corrected chi connectivity index (χ2v) is 5.19. The SMILES string of the molecule is CCC(CC)(NC(=O)C=Cc1c(C)nn(C)c1Cl)C(=O)O. The minimum Gasteiger partial charge on any atom is -0.480 e. The molecular formula is C14H20ClN3O3. The fraction of sp³-hybridized carbons (Fsp3) is 0.500. The van der Waals surface area contributed by atoms with Crippen molar-refractivity contribution in [1.29, 1.82) is 0 Å². The molecule has 0 radical (unpaired) electrons. The number of aryl methyl sites for hydroxylation is 2. The van der Waals surface area contributed by atoms with Crippen molar-refractivity contribution in [2.45, 2.75) is 39.2 Å². The second-order valence-electron chi connectivity index (χ2n) is 4.83. The van der Waals surface area contributed by atoms with E-state index in [4.69, 9.17) is 11.6 Å². The molecule has 2 N–H and O–H groups in total. The molecule has 0 atom stereocenters. The molecule has 0 bridgehead atoms. The highest BCUT2D eigenvalue weighted by Crippen LogP contribution is 2.20. The molecule has 1 aromatic rings. The number of carboxylic acids is 1. The summed E-state index contributed by atoms with van der Waals surface area (Å²) in [7, 11) is 1.70. The van der Waals surface area contributed by atoms with Crippen molar-refractivity contribution >= 4 is 29.6 Å². The van der Waals surface area contributed by atoms with Crippen LogP contribution >= 0.6 is 11.6 Å². The summed E-state index contributed by atoms with van der Waals surface area (Å²) in [4.78, 5) is 23.3. The van der Waals surface area contributed by atoms with Crippen molar-refractivity contribution in [2.75, 3.05) is 0 Å². The Kier molecular flexibility index (Phi) is 5.54. The van der Waals surface area contributed by atoms with Crippen LogP contribution in [0.2, 0.25) is 5.15 Å². The highest BCUT2D eigenvalue weighted by atomic mass is 35.5. The first-order valence-electron chi connectivity index (χ1n) is 6.70. The van der Waals surface area contributed by atoms with Crippen LogP contribution in [0.1, 0.15) is 37.9 Å². The van der Waals surface area contributed by atoms with Crippen molar-refractivity contribution in [2.24, 2.45) is 7.05 Å². The number of carbonyl (C=O) groups excluding carboxylic acids is 1. The van der Waals surface area contributed by atoms with E-state index in [1.165, 1.54) is 16.8 Å². The molecule has 116 valence electrons. The average molecular weight is 314 g/mol. The topological polar surface area (TPSA) is 84.2 Å². The smallest absolute Gasteiger partial charge is 0.329 e. The van der Waals surface area contributed by atoms with Crippen LogP contribution in [0.4, 0.5) is 0 Å². The standard InChI is InChI=1S/C14H20ClN3O3/c1-5-14(6-2,13(20)21)16-11(19)8-7-10-9(3)17-18(4)12(10)15/h7-8H,5-6H2,1-4H3,(H,16,19)(H,20,21). The second kappa shape index (κ2) is 6.76. The number of nitrogens with one attached hydrogen (secondary N) is 1. The summed E-state index contributed by atoms with van der Waals surface area (Å²) in [6.07, 6.45) is 3.44. The molecule has 1 aromatic heterocycles. The van der Waals surface area contributed by atoms with Gasteiger partial charge in [0.1, 0.15) is 10.7 Å². The zero-order chi connectivity index (χ0) is 16.2. The van der Waals surface area contributed by atoms with E-state index in [1.54, 1.807) is 27.8 Å². The first-order valence-corrected chi connectivity index (χ1v) is 7.08. The van der Waals surface area contributed by atoms with Crippen molar-refractivity contribution < 1.29 is 14.7 Å². The van der Waals surface area contributed by atoms with Crippen LogP contribution in [-0.2, 0) is 16.6 Å². The maximum atomic E-state index is 12.0. The number of aliphatic carboxylic acids is 1. The lowest BCUT2D eigenvalue weighted by Crippen LogP contribution is -2.53. The molecule has 0 aromatic carbocycles. The first-order chi connectivity index (χ1) is 9.77. The normalized spacial score (nSPS) is 11.9. The Labute approximate surface area is 128 Å². The Morgan fingerprint density at radius 1 is 1.43 bits per heavy atom. The maximum absolute atomic E-state index is 12.0. The van der Waals surface area contributed by atoms with Gasteiger partial charge in [-0.15, -0.1) is 0 Å². The molecule has 0 saturated carbocycles. The van der Waals surface area contributed by atoms with E-state index in [1.807, 2.05) is 0 Å². The third kappa shape index (κ3) is 3.64. The zero-order valence-corrected chi connectivity index (χ0v) is 13.4. The molecule has 0 fully saturated rings. The Bertz CT molecular complexity index is 574. The van der Waals surface area contributed by atoms with Gasteiger partial charge < -0.3 is 10.4 Å². The third-order valence-electron chi connectivity index (χ3n) is 3.58. The lowest BCUT2D eigenvalue weighted by Gasteiger charge is -2.27. The first kappa shape index (κ1) is 17.2. The number of aromatic nitrogens is 2. The highest BCUT2D eigenvalue weighted by molar-refractivity contribution is 6.31. The average Bonchev–Trinajstić information content (AvgIpc) is 2.67. The number of amides is 1. The molecule has 1 amide bonds. The summed E-state index contributed by atoms with van der Waals surface area (Å²) in [5.74, 6) is -1.51. The third-order valence-corrected chi connectivity index (χ3v) is 4.02. The number of hydrogen-bond acceptors (Lipinski definition) is 3. The minimum absolute atomic E-state index is 0.311. The van der Waals surface area contributed by atoms with Crippen molar-refractivity contribution in [3.05, 3.63) is 22.5 Å². The molecule has 0 aliphatic heterocycles. The number of halogens is 1. The van der Waals surface area contributed by atoms with Crippen LogP contribution < -0.4 is 5.32 Å². The van der Waals surface area contributed by atoms with E-state index in [2.05, 4.69) is 10.4 Å². The molecule has 1 rings (SSSR count). The van der Waals surface area contributed by atoms with Gasteiger partial charge in [0.2, 0.25) is 5.91 Å².